The molecule has 0 aromatic heterocycles. The Bertz CT molecular complexity index is 550. The van der Waals surface area contributed by atoms with Crippen molar-refractivity contribution in [3.05, 3.63) is 29.6 Å². The molecule has 1 aromatic rings. The number of ether oxygens (including phenoxy) is 1. The summed E-state index contributed by atoms with van der Waals surface area (Å²) in [7, 11) is 0. The molecule has 2 N–H and O–H groups in total. The first-order chi connectivity index (χ1) is 9.98. The Morgan fingerprint density at radius 1 is 1.48 bits per heavy atom. The standard InChI is InChI=1S/C16H20FNO3/c1-16(15(19)20)7-11(8-16)18-9-10-3-2-4-13(14(10)17)21-12-5-6-12/h2-4,11-12,18H,5-9H2,1H3,(H,19,20). The van der Waals surface area contributed by atoms with Crippen molar-refractivity contribution in [2.24, 2.45) is 5.41 Å². The maximum Gasteiger partial charge on any atom is 0.309 e. The maximum atomic E-state index is 14.3. The second-order valence-corrected chi connectivity index (χ2v) is 6.40. The summed E-state index contributed by atoms with van der Waals surface area (Å²) >= 11 is 0. The zero-order valence-corrected chi connectivity index (χ0v) is 12.1. The van der Waals surface area contributed by atoms with Crippen LogP contribution in [0.25, 0.3) is 0 Å². The molecule has 0 saturated heterocycles. The second-order valence-electron chi connectivity index (χ2n) is 6.40. The Kier molecular flexibility index (Phi) is 3.61. The molecule has 2 aliphatic carbocycles. The van der Waals surface area contributed by atoms with E-state index in [-0.39, 0.29) is 18.0 Å². The molecule has 4 nitrogen and oxygen atoms in total. The summed E-state index contributed by atoms with van der Waals surface area (Å²) in [6.07, 6.45) is 3.34. The highest BCUT2D eigenvalue weighted by molar-refractivity contribution is 5.75. The fourth-order valence-electron chi connectivity index (χ4n) is 2.75. The topological polar surface area (TPSA) is 58.6 Å². The number of halogens is 1. The van der Waals surface area contributed by atoms with Crippen molar-refractivity contribution in [2.45, 2.75) is 51.3 Å². The van der Waals surface area contributed by atoms with E-state index in [1.807, 2.05) is 0 Å². The average molecular weight is 293 g/mol. The van der Waals surface area contributed by atoms with Crippen LogP contribution >= 0.6 is 0 Å². The summed E-state index contributed by atoms with van der Waals surface area (Å²) in [5, 5.41) is 12.3. The van der Waals surface area contributed by atoms with Crippen LogP contribution in [-0.4, -0.2) is 23.2 Å². The van der Waals surface area contributed by atoms with E-state index in [4.69, 9.17) is 9.84 Å². The quantitative estimate of drug-likeness (QED) is 0.846. The molecule has 2 saturated carbocycles. The van der Waals surface area contributed by atoms with E-state index in [9.17, 15) is 9.18 Å². The van der Waals surface area contributed by atoms with Gasteiger partial charge in [0.2, 0.25) is 0 Å². The van der Waals surface area contributed by atoms with Gasteiger partial charge < -0.3 is 15.2 Å². The van der Waals surface area contributed by atoms with Crippen molar-refractivity contribution >= 4 is 5.97 Å². The predicted molar refractivity (Wildman–Crippen MR) is 75.7 cm³/mol. The molecule has 1 aromatic carbocycles. The van der Waals surface area contributed by atoms with E-state index in [1.165, 1.54) is 0 Å². The van der Waals surface area contributed by atoms with Gasteiger partial charge in [-0.3, -0.25) is 4.79 Å². The van der Waals surface area contributed by atoms with Crippen molar-refractivity contribution in [1.82, 2.24) is 5.32 Å². The van der Waals surface area contributed by atoms with E-state index in [1.54, 1.807) is 25.1 Å². The Balaban J connectivity index is 1.55. The molecule has 0 heterocycles. The molecule has 2 fully saturated rings. The minimum absolute atomic E-state index is 0.138. The molecule has 0 aliphatic heterocycles. The highest BCUT2D eigenvalue weighted by Gasteiger charge is 2.46. The molecular formula is C16H20FNO3. The van der Waals surface area contributed by atoms with Crippen molar-refractivity contribution in [3.8, 4) is 5.75 Å². The fraction of sp³-hybridized carbons (Fsp3) is 0.562. The molecular weight excluding hydrogens is 273 g/mol. The van der Waals surface area contributed by atoms with Crippen LogP contribution in [0.15, 0.2) is 18.2 Å². The van der Waals surface area contributed by atoms with Crippen LogP contribution in [0.4, 0.5) is 4.39 Å². The number of benzene rings is 1. The summed E-state index contributed by atoms with van der Waals surface area (Å²) in [6, 6.07) is 5.32. The van der Waals surface area contributed by atoms with Crippen molar-refractivity contribution in [2.75, 3.05) is 0 Å². The molecule has 0 unspecified atom stereocenters. The maximum absolute atomic E-state index is 14.3. The number of carbonyl (C=O) groups is 1. The predicted octanol–water partition coefficient (Wildman–Crippen LogP) is 2.71. The lowest BCUT2D eigenvalue weighted by atomic mass is 9.67. The number of hydrogen-bond donors (Lipinski definition) is 2. The zero-order chi connectivity index (χ0) is 15.0. The van der Waals surface area contributed by atoms with Gasteiger partial charge in [0, 0.05) is 18.2 Å². The second kappa shape index (κ2) is 5.30. The number of hydrogen-bond acceptors (Lipinski definition) is 3. The number of carboxylic acids is 1. The van der Waals surface area contributed by atoms with Gasteiger partial charge in [-0.1, -0.05) is 12.1 Å². The highest BCUT2D eigenvalue weighted by Crippen LogP contribution is 2.41. The van der Waals surface area contributed by atoms with Gasteiger partial charge in [0.15, 0.2) is 11.6 Å². The summed E-state index contributed by atoms with van der Waals surface area (Å²) in [4.78, 5) is 11.0. The van der Waals surface area contributed by atoms with E-state index in [0.29, 0.717) is 30.7 Å². The summed E-state index contributed by atoms with van der Waals surface area (Å²) in [5.74, 6) is -0.746. The van der Waals surface area contributed by atoms with E-state index in [0.717, 1.165) is 12.8 Å². The van der Waals surface area contributed by atoms with Crippen LogP contribution in [0.2, 0.25) is 0 Å². The molecule has 0 spiro atoms. The third-order valence-electron chi connectivity index (χ3n) is 4.35. The summed E-state index contributed by atoms with van der Waals surface area (Å²) in [6.45, 7) is 2.15. The van der Waals surface area contributed by atoms with Gasteiger partial charge >= 0.3 is 5.97 Å². The Labute approximate surface area is 123 Å². The number of nitrogens with one attached hydrogen (secondary N) is 1. The molecule has 5 heteroatoms. The third kappa shape index (κ3) is 3.02. The summed E-state index contributed by atoms with van der Waals surface area (Å²) in [5.41, 5.74) is -0.0651. The SMILES string of the molecule is CC1(C(=O)O)CC(NCc2cccc(OC3CC3)c2F)C1. The van der Waals surface area contributed by atoms with Gasteiger partial charge in [0.1, 0.15) is 0 Å². The van der Waals surface area contributed by atoms with Crippen LogP contribution in [0.3, 0.4) is 0 Å². The molecule has 3 rings (SSSR count). The van der Waals surface area contributed by atoms with E-state index in [2.05, 4.69) is 5.32 Å². The van der Waals surface area contributed by atoms with Crippen LogP contribution in [0.5, 0.6) is 5.75 Å². The lowest BCUT2D eigenvalue weighted by Gasteiger charge is -2.42. The van der Waals surface area contributed by atoms with Gasteiger partial charge in [0.25, 0.3) is 0 Å². The molecule has 0 radical (unpaired) electrons. The first-order valence-electron chi connectivity index (χ1n) is 7.39. The van der Waals surface area contributed by atoms with Crippen molar-refractivity contribution in [3.63, 3.8) is 0 Å². The zero-order valence-electron chi connectivity index (χ0n) is 12.1. The van der Waals surface area contributed by atoms with Crippen LogP contribution in [0, 0.1) is 11.2 Å². The largest absolute Gasteiger partial charge is 0.487 e. The summed E-state index contributed by atoms with van der Waals surface area (Å²) < 4.78 is 19.8. The van der Waals surface area contributed by atoms with Crippen molar-refractivity contribution < 1.29 is 19.0 Å². The molecule has 21 heavy (non-hydrogen) atoms. The fourth-order valence-corrected chi connectivity index (χ4v) is 2.75. The molecule has 0 bridgehead atoms. The Morgan fingerprint density at radius 2 is 2.19 bits per heavy atom. The lowest BCUT2D eigenvalue weighted by Crippen LogP contribution is -2.51. The van der Waals surface area contributed by atoms with Gasteiger partial charge in [-0.15, -0.1) is 0 Å². The normalized spacial score (nSPS) is 28.0. The average Bonchev–Trinajstić information content (AvgIpc) is 3.20. The molecule has 2 aliphatic rings. The first-order valence-corrected chi connectivity index (χ1v) is 7.39. The Morgan fingerprint density at radius 3 is 2.81 bits per heavy atom. The smallest absolute Gasteiger partial charge is 0.309 e. The van der Waals surface area contributed by atoms with Crippen LogP contribution < -0.4 is 10.1 Å². The van der Waals surface area contributed by atoms with Gasteiger partial charge in [-0.25, -0.2) is 4.39 Å². The van der Waals surface area contributed by atoms with Crippen molar-refractivity contribution in [1.29, 1.82) is 0 Å². The number of carboxylic acid groups (broad SMARTS) is 1. The molecule has 0 atom stereocenters. The number of rotatable bonds is 6. The molecule has 114 valence electrons. The monoisotopic (exact) mass is 293 g/mol. The number of aliphatic carboxylic acids is 1. The van der Waals surface area contributed by atoms with Crippen LogP contribution in [0.1, 0.15) is 38.2 Å². The van der Waals surface area contributed by atoms with E-state index >= 15 is 0 Å². The van der Waals surface area contributed by atoms with E-state index < -0.39 is 11.4 Å². The first kappa shape index (κ1) is 14.3. The van der Waals surface area contributed by atoms with Gasteiger partial charge in [-0.2, -0.15) is 0 Å². The molecule has 0 amide bonds. The third-order valence-corrected chi connectivity index (χ3v) is 4.35. The minimum Gasteiger partial charge on any atom is -0.487 e. The highest BCUT2D eigenvalue weighted by atomic mass is 19.1. The van der Waals surface area contributed by atoms with Gasteiger partial charge in [-0.05, 0) is 38.7 Å². The Hall–Kier alpha value is -1.62. The minimum atomic E-state index is -0.758. The van der Waals surface area contributed by atoms with Crippen LogP contribution in [-0.2, 0) is 11.3 Å². The lowest BCUT2D eigenvalue weighted by molar-refractivity contribution is -0.154. The van der Waals surface area contributed by atoms with Gasteiger partial charge in [0.05, 0.1) is 11.5 Å².